The maximum absolute atomic E-state index is 12.7. The Morgan fingerprint density at radius 2 is 2.15 bits per heavy atom. The van der Waals surface area contributed by atoms with Gasteiger partial charge >= 0.3 is 5.97 Å². The lowest BCUT2D eigenvalue weighted by Gasteiger charge is -2.32. The number of hydrogen-bond donors (Lipinski definition) is 1. The first-order valence-corrected chi connectivity index (χ1v) is 7.70. The molecule has 1 unspecified atom stereocenters. The number of nitrogens with zero attached hydrogens (tertiary/aromatic N) is 1. The normalized spacial score (nSPS) is 28.4. The van der Waals surface area contributed by atoms with Gasteiger partial charge in [-0.05, 0) is 37.8 Å². The van der Waals surface area contributed by atoms with Gasteiger partial charge in [-0.25, -0.2) is 4.79 Å². The summed E-state index contributed by atoms with van der Waals surface area (Å²) in [4.78, 5) is 26.9. The quantitative estimate of drug-likeness (QED) is 0.907. The molecule has 4 nitrogen and oxygen atoms in total. The molecule has 2 heterocycles. The summed E-state index contributed by atoms with van der Waals surface area (Å²) in [5.74, 6) is -0.933. The summed E-state index contributed by atoms with van der Waals surface area (Å²) < 4.78 is 0. The minimum atomic E-state index is -1.04. The molecule has 0 saturated carbocycles. The number of likely N-dealkylation sites (tertiary alicyclic amines) is 1. The van der Waals surface area contributed by atoms with Gasteiger partial charge in [0.25, 0.3) is 0 Å². The van der Waals surface area contributed by atoms with Crippen molar-refractivity contribution in [2.45, 2.75) is 41.9 Å². The van der Waals surface area contributed by atoms with Crippen molar-refractivity contribution in [1.82, 2.24) is 4.90 Å². The molecule has 0 bridgehead atoms. The molecule has 1 fully saturated rings. The van der Waals surface area contributed by atoms with Crippen LogP contribution in [0.2, 0.25) is 0 Å². The summed E-state index contributed by atoms with van der Waals surface area (Å²) >= 11 is 1.56. The highest BCUT2D eigenvalue weighted by atomic mass is 32.2. The Balaban J connectivity index is 1.80. The second kappa shape index (κ2) is 4.81. The largest absolute Gasteiger partial charge is 0.480 e. The Morgan fingerprint density at radius 1 is 1.40 bits per heavy atom. The van der Waals surface area contributed by atoms with Crippen molar-refractivity contribution in [3.8, 4) is 0 Å². The Bertz CT molecular complexity index is 549. The van der Waals surface area contributed by atoms with Gasteiger partial charge in [0, 0.05) is 11.4 Å². The average molecular weight is 291 g/mol. The third kappa shape index (κ3) is 2.00. The Kier molecular flexibility index (Phi) is 3.24. The van der Waals surface area contributed by atoms with Crippen LogP contribution in [0.5, 0.6) is 0 Å². The van der Waals surface area contributed by atoms with Crippen LogP contribution < -0.4 is 0 Å². The van der Waals surface area contributed by atoms with E-state index >= 15 is 0 Å². The topological polar surface area (TPSA) is 57.6 Å². The lowest BCUT2D eigenvalue weighted by atomic mass is 9.98. The number of benzene rings is 1. The van der Waals surface area contributed by atoms with Gasteiger partial charge in [-0.3, -0.25) is 4.79 Å². The average Bonchev–Trinajstić information content (AvgIpc) is 3.02. The van der Waals surface area contributed by atoms with E-state index in [9.17, 15) is 14.7 Å². The molecule has 106 valence electrons. The summed E-state index contributed by atoms with van der Waals surface area (Å²) in [5.41, 5.74) is 0.152. The summed E-state index contributed by atoms with van der Waals surface area (Å²) in [6.07, 6.45) is 2.00. The van der Waals surface area contributed by atoms with Crippen molar-refractivity contribution in [3.63, 3.8) is 0 Å². The van der Waals surface area contributed by atoms with Gasteiger partial charge in [-0.15, -0.1) is 11.8 Å². The lowest BCUT2D eigenvalue weighted by Crippen LogP contribution is -2.53. The van der Waals surface area contributed by atoms with Gasteiger partial charge in [-0.2, -0.15) is 0 Å². The number of carboxylic acids is 1. The molecule has 2 atom stereocenters. The van der Waals surface area contributed by atoms with Crippen LogP contribution in [0, 0.1) is 0 Å². The summed E-state index contributed by atoms with van der Waals surface area (Å²) in [6, 6.07) is 8.00. The van der Waals surface area contributed by atoms with E-state index in [2.05, 4.69) is 0 Å². The molecule has 1 N–H and O–H groups in total. The Morgan fingerprint density at radius 3 is 2.85 bits per heavy atom. The van der Waals surface area contributed by atoms with E-state index in [1.165, 1.54) is 5.56 Å². The van der Waals surface area contributed by atoms with Crippen LogP contribution in [-0.2, 0) is 16.0 Å². The molecule has 5 heteroatoms. The van der Waals surface area contributed by atoms with Gasteiger partial charge in [0.2, 0.25) is 5.91 Å². The minimum absolute atomic E-state index is 0.0337. The summed E-state index contributed by atoms with van der Waals surface area (Å²) in [6.45, 7) is 2.21. The molecule has 0 radical (unpaired) electrons. The van der Waals surface area contributed by atoms with Crippen molar-refractivity contribution in [2.75, 3.05) is 6.54 Å². The van der Waals surface area contributed by atoms with Crippen LogP contribution in [0.3, 0.4) is 0 Å². The summed E-state index contributed by atoms with van der Waals surface area (Å²) in [5, 5.41) is 9.23. The van der Waals surface area contributed by atoms with Gasteiger partial charge in [0.1, 0.15) is 5.54 Å². The predicted molar refractivity (Wildman–Crippen MR) is 76.8 cm³/mol. The van der Waals surface area contributed by atoms with Crippen molar-refractivity contribution >= 4 is 23.6 Å². The van der Waals surface area contributed by atoms with Crippen molar-refractivity contribution in [1.29, 1.82) is 0 Å². The number of fused-ring (bicyclic) bond motifs is 1. The molecule has 2 aliphatic rings. The maximum Gasteiger partial charge on any atom is 0.329 e. The van der Waals surface area contributed by atoms with Crippen LogP contribution in [0.15, 0.2) is 29.2 Å². The fourth-order valence-electron chi connectivity index (χ4n) is 3.03. The number of carbonyl (C=O) groups excluding carboxylic acids is 1. The Labute approximate surface area is 122 Å². The maximum atomic E-state index is 12.7. The zero-order chi connectivity index (χ0) is 14.3. The van der Waals surface area contributed by atoms with Crippen LogP contribution in [-0.4, -0.2) is 39.2 Å². The number of thioether (sulfide) groups is 1. The first-order chi connectivity index (χ1) is 9.52. The number of hydrogen-bond acceptors (Lipinski definition) is 3. The molecule has 1 saturated heterocycles. The molecule has 20 heavy (non-hydrogen) atoms. The predicted octanol–water partition coefficient (Wildman–Crippen LogP) is 2.17. The molecular weight excluding hydrogens is 274 g/mol. The molecule has 1 aromatic rings. The van der Waals surface area contributed by atoms with Crippen LogP contribution >= 0.6 is 11.8 Å². The highest BCUT2D eigenvalue weighted by Gasteiger charge is 2.48. The van der Waals surface area contributed by atoms with E-state index in [4.69, 9.17) is 0 Å². The highest BCUT2D eigenvalue weighted by molar-refractivity contribution is 8.01. The third-order valence-electron chi connectivity index (χ3n) is 4.29. The number of amides is 1. The molecule has 0 spiro atoms. The van der Waals surface area contributed by atoms with E-state index < -0.39 is 11.5 Å². The van der Waals surface area contributed by atoms with E-state index in [1.807, 2.05) is 24.3 Å². The zero-order valence-corrected chi connectivity index (χ0v) is 12.2. The van der Waals surface area contributed by atoms with Crippen molar-refractivity contribution < 1.29 is 14.7 Å². The highest BCUT2D eigenvalue weighted by Crippen LogP contribution is 2.40. The number of carboxylic acid groups (broad SMARTS) is 1. The lowest BCUT2D eigenvalue weighted by molar-refractivity contribution is -0.155. The van der Waals surface area contributed by atoms with Crippen molar-refractivity contribution in [3.05, 3.63) is 29.8 Å². The number of rotatable bonds is 2. The first kappa shape index (κ1) is 13.5. The van der Waals surface area contributed by atoms with Crippen molar-refractivity contribution in [2.24, 2.45) is 0 Å². The fourth-order valence-corrected chi connectivity index (χ4v) is 4.29. The van der Waals surface area contributed by atoms with E-state index in [-0.39, 0.29) is 11.2 Å². The van der Waals surface area contributed by atoms with Crippen LogP contribution in [0.1, 0.15) is 25.3 Å². The van der Waals surface area contributed by atoms with Gasteiger partial charge in [0.15, 0.2) is 0 Å². The molecule has 3 rings (SSSR count). The summed E-state index contributed by atoms with van der Waals surface area (Å²) in [7, 11) is 0. The Hall–Kier alpha value is -1.49. The molecule has 0 aliphatic carbocycles. The zero-order valence-electron chi connectivity index (χ0n) is 11.3. The number of aliphatic carboxylic acids is 1. The second-order valence-corrected chi connectivity index (χ2v) is 6.84. The van der Waals surface area contributed by atoms with E-state index in [0.717, 1.165) is 11.3 Å². The van der Waals surface area contributed by atoms with Gasteiger partial charge < -0.3 is 10.0 Å². The SMILES string of the molecule is C[C@]1(C(=O)O)CCCN1C(=O)C1Cc2ccccc2S1. The van der Waals surface area contributed by atoms with Gasteiger partial charge in [-0.1, -0.05) is 18.2 Å². The molecule has 1 aromatic carbocycles. The van der Waals surface area contributed by atoms with E-state index in [1.54, 1.807) is 23.6 Å². The number of carbonyl (C=O) groups is 2. The molecule has 1 amide bonds. The van der Waals surface area contributed by atoms with Crippen LogP contribution in [0.25, 0.3) is 0 Å². The molecule has 2 aliphatic heterocycles. The monoisotopic (exact) mass is 291 g/mol. The molecular formula is C15H17NO3S. The second-order valence-electron chi connectivity index (χ2n) is 5.59. The smallest absolute Gasteiger partial charge is 0.329 e. The van der Waals surface area contributed by atoms with Gasteiger partial charge in [0.05, 0.1) is 5.25 Å². The standard InChI is InChI=1S/C15H17NO3S/c1-15(14(18)19)7-4-8-16(15)13(17)12-9-10-5-2-3-6-11(10)20-12/h2-3,5-6,12H,4,7-9H2,1H3,(H,18,19)/t12?,15-/m1/s1. The van der Waals surface area contributed by atoms with Crippen LogP contribution in [0.4, 0.5) is 0 Å². The third-order valence-corrected chi connectivity index (χ3v) is 5.60. The first-order valence-electron chi connectivity index (χ1n) is 6.82. The van der Waals surface area contributed by atoms with E-state index in [0.29, 0.717) is 19.4 Å². The minimum Gasteiger partial charge on any atom is -0.480 e. The fraction of sp³-hybridized carbons (Fsp3) is 0.467. The molecule has 0 aromatic heterocycles.